The fourth-order valence-electron chi connectivity index (χ4n) is 6.70. The fraction of sp³-hybridized carbons (Fsp3) is 0.361. The normalized spacial score (nSPS) is 20.0. The maximum absolute atomic E-state index is 15.9. The number of carbonyl (C=O) groups is 1. The Labute approximate surface area is 278 Å². The molecule has 2 N–H and O–H groups in total. The molecule has 2 atom stereocenters. The van der Waals surface area contributed by atoms with Crippen LogP contribution in [0.5, 0.6) is 11.5 Å². The third kappa shape index (κ3) is 6.37. The molecule has 6 rings (SSSR count). The predicted octanol–water partition coefficient (Wildman–Crippen LogP) is 7.61. The second kappa shape index (κ2) is 12.9. The summed E-state index contributed by atoms with van der Waals surface area (Å²) in [5.41, 5.74) is 0.302. The quantitative estimate of drug-likeness (QED) is 0.203. The predicted molar refractivity (Wildman–Crippen MR) is 178 cm³/mol. The number of fused-ring (bicyclic) bond motifs is 8. The van der Waals surface area contributed by atoms with Crippen molar-refractivity contribution in [1.29, 1.82) is 0 Å². The van der Waals surface area contributed by atoms with Crippen LogP contribution in [0, 0.1) is 22.9 Å². The van der Waals surface area contributed by atoms with Crippen LogP contribution in [0.2, 0.25) is 0 Å². The topological polar surface area (TPSA) is 110 Å². The summed E-state index contributed by atoms with van der Waals surface area (Å²) in [6, 6.07) is 13.7. The first-order valence-corrected chi connectivity index (χ1v) is 17.3. The maximum atomic E-state index is 15.9. The first kappa shape index (κ1) is 33.5. The van der Waals surface area contributed by atoms with Crippen molar-refractivity contribution in [2.45, 2.75) is 58.3 Å². The Balaban J connectivity index is 1.54. The van der Waals surface area contributed by atoms with Gasteiger partial charge in [-0.1, -0.05) is 50.6 Å². The van der Waals surface area contributed by atoms with E-state index in [9.17, 15) is 14.1 Å². The van der Waals surface area contributed by atoms with Gasteiger partial charge in [0.15, 0.2) is 23.2 Å². The van der Waals surface area contributed by atoms with E-state index in [4.69, 9.17) is 14.8 Å². The highest BCUT2D eigenvalue weighted by atomic mass is 32.2. The Hall–Kier alpha value is -4.45. The molecule has 0 amide bonds. The molecule has 48 heavy (non-hydrogen) atoms. The first-order valence-electron chi connectivity index (χ1n) is 15.8. The van der Waals surface area contributed by atoms with Crippen LogP contribution in [0.15, 0.2) is 54.7 Å². The van der Waals surface area contributed by atoms with Gasteiger partial charge < -0.3 is 14.8 Å². The van der Waals surface area contributed by atoms with Crippen LogP contribution in [-0.2, 0) is 40.9 Å². The smallest absolute Gasteiger partial charge is 0.307 e. The Kier molecular flexibility index (Phi) is 8.97. The summed E-state index contributed by atoms with van der Waals surface area (Å²) in [6.07, 6.45) is 3.07. The summed E-state index contributed by atoms with van der Waals surface area (Å²) in [5.74, 6) is -3.60. The van der Waals surface area contributed by atoms with Crippen LogP contribution in [0.25, 0.3) is 22.3 Å². The van der Waals surface area contributed by atoms with Gasteiger partial charge in [-0.15, -0.1) is 0 Å². The number of carboxylic acid groups (broad SMARTS) is 1. The minimum atomic E-state index is -1.37. The number of H-pyrrole nitrogens is 1. The average Bonchev–Trinajstić information content (AvgIpc) is 3.63. The Bertz CT molecular complexity index is 2040. The van der Waals surface area contributed by atoms with E-state index in [0.29, 0.717) is 18.0 Å². The van der Waals surface area contributed by atoms with E-state index in [2.05, 4.69) is 25.8 Å². The van der Waals surface area contributed by atoms with Gasteiger partial charge in [0.25, 0.3) is 0 Å². The molecule has 0 saturated carbocycles. The molecule has 4 bridgehead atoms. The van der Waals surface area contributed by atoms with E-state index in [1.807, 2.05) is 30.3 Å². The fourth-order valence-corrected chi connectivity index (χ4v) is 8.29. The van der Waals surface area contributed by atoms with Gasteiger partial charge in [-0.3, -0.25) is 9.00 Å². The van der Waals surface area contributed by atoms with Gasteiger partial charge in [-0.25, -0.2) is 18.4 Å². The number of hydrogen-bond donors (Lipinski definition) is 2. The number of nitrogens with one attached hydrogen (secondary N) is 1. The lowest BCUT2D eigenvalue weighted by atomic mass is 9.75. The van der Waals surface area contributed by atoms with Gasteiger partial charge in [0.05, 0.1) is 22.9 Å². The molecule has 0 spiro atoms. The Morgan fingerprint density at radius 1 is 1.08 bits per heavy atom. The molecule has 8 nitrogen and oxygen atoms in total. The highest BCUT2D eigenvalue weighted by Crippen LogP contribution is 2.42. The number of aromatic amines is 1. The van der Waals surface area contributed by atoms with Crippen molar-refractivity contribution >= 4 is 27.7 Å². The van der Waals surface area contributed by atoms with Gasteiger partial charge in [-0.05, 0) is 60.9 Å². The maximum Gasteiger partial charge on any atom is 0.307 e. The molecule has 0 radical (unpaired) electrons. The number of carboxylic acids is 1. The summed E-state index contributed by atoms with van der Waals surface area (Å²) in [7, 11) is 0.299. The molecular weight excluding hydrogens is 641 g/mol. The van der Waals surface area contributed by atoms with Crippen LogP contribution in [0.1, 0.15) is 62.5 Å². The molecule has 5 aromatic rings. The van der Waals surface area contributed by atoms with Gasteiger partial charge >= 0.3 is 5.97 Å². The number of ether oxygens (including phenoxy) is 1. The van der Waals surface area contributed by atoms with Gasteiger partial charge in [0.2, 0.25) is 5.82 Å². The molecule has 1 aliphatic heterocycles. The van der Waals surface area contributed by atoms with Crippen LogP contribution in [-0.4, -0.2) is 46.5 Å². The lowest BCUT2D eigenvalue weighted by Crippen LogP contribution is -2.28. The monoisotopic (exact) mass is 678 g/mol. The third-order valence-electron chi connectivity index (χ3n) is 9.22. The minimum Gasteiger partial charge on any atom is -0.481 e. The molecule has 1 aliphatic rings. The summed E-state index contributed by atoms with van der Waals surface area (Å²) < 4.78 is 68.0. The van der Waals surface area contributed by atoms with Crippen LogP contribution in [0.3, 0.4) is 0 Å². The van der Waals surface area contributed by atoms with E-state index in [-0.39, 0.29) is 56.8 Å². The largest absolute Gasteiger partial charge is 0.481 e. The van der Waals surface area contributed by atoms with E-state index in [1.54, 1.807) is 7.05 Å². The number of aromatic nitrogens is 4. The molecule has 2 unspecified atom stereocenters. The van der Waals surface area contributed by atoms with Crippen molar-refractivity contribution in [2.24, 2.45) is 12.5 Å². The standard InChI is InChI=1S/C36H37F3N4O4S/c1-35(2)14-8-15-36(3,22-9-6-5-7-10-22)34-41-33(43(4)42-34)25-18-23(11-12-26(25)37)47-32-24(13-16-48(46)20-35)28-21(17-27(44)45)19-40-31(28)29(38)30(32)39/h5-7,9-12,18-19,40H,8,13-17,20H2,1-4H3,(H,44,45). The van der Waals surface area contributed by atoms with Gasteiger partial charge in [0.1, 0.15) is 11.6 Å². The zero-order valence-electron chi connectivity index (χ0n) is 27.2. The first-order chi connectivity index (χ1) is 22.8. The van der Waals surface area contributed by atoms with Crippen molar-refractivity contribution in [3.63, 3.8) is 0 Å². The summed E-state index contributed by atoms with van der Waals surface area (Å²) in [5, 5.41) is 14.5. The SMILES string of the molecule is Cn1nc2nc1-c1cc(ccc1F)Oc1c(F)c(F)c3[nH]cc(CC(=O)O)c3c1CCS(=O)CC(C)(C)CCCC2(C)c1ccccc1. The lowest BCUT2D eigenvalue weighted by Gasteiger charge is -2.30. The number of benzene rings is 3. The summed E-state index contributed by atoms with van der Waals surface area (Å²) in [6.45, 7) is 6.17. The van der Waals surface area contributed by atoms with Crippen LogP contribution < -0.4 is 4.74 Å². The van der Waals surface area contributed by atoms with E-state index in [0.717, 1.165) is 24.5 Å². The number of rotatable bonds is 3. The van der Waals surface area contributed by atoms with Gasteiger partial charge in [-0.2, -0.15) is 9.49 Å². The number of halogens is 3. The Morgan fingerprint density at radius 2 is 1.83 bits per heavy atom. The number of hydrogen-bond acceptors (Lipinski definition) is 5. The molecule has 12 heteroatoms. The molecule has 0 fully saturated rings. The lowest BCUT2D eigenvalue weighted by molar-refractivity contribution is -0.136. The molecular formula is C36H37F3N4O4S. The van der Waals surface area contributed by atoms with E-state index in [1.165, 1.54) is 23.0 Å². The second-order valence-corrected chi connectivity index (χ2v) is 15.0. The van der Waals surface area contributed by atoms with Crippen molar-refractivity contribution in [1.82, 2.24) is 19.7 Å². The number of nitrogens with zero attached hydrogens (tertiary/aromatic N) is 3. The third-order valence-corrected chi connectivity index (χ3v) is 11.0. The van der Waals surface area contributed by atoms with Crippen LogP contribution in [0.4, 0.5) is 13.2 Å². The minimum absolute atomic E-state index is 0.000589. The zero-order chi connectivity index (χ0) is 34.4. The van der Waals surface area contributed by atoms with E-state index < -0.39 is 51.8 Å². The average molecular weight is 679 g/mol. The molecule has 0 aliphatic carbocycles. The van der Waals surface area contributed by atoms with Crippen molar-refractivity contribution in [3.05, 3.63) is 94.7 Å². The summed E-state index contributed by atoms with van der Waals surface area (Å²) >= 11 is 0. The number of aliphatic carboxylic acids is 1. The molecule has 3 heterocycles. The number of aryl methyl sites for hydroxylation is 2. The van der Waals surface area contributed by atoms with Crippen LogP contribution >= 0.6 is 0 Å². The highest BCUT2D eigenvalue weighted by Gasteiger charge is 2.35. The van der Waals surface area contributed by atoms with Crippen molar-refractivity contribution in [2.75, 3.05) is 11.5 Å². The highest BCUT2D eigenvalue weighted by molar-refractivity contribution is 7.85. The van der Waals surface area contributed by atoms with Gasteiger partial charge in [0, 0.05) is 46.5 Å². The molecule has 3 aromatic carbocycles. The second-order valence-electron chi connectivity index (χ2n) is 13.5. The van der Waals surface area contributed by atoms with Crippen molar-refractivity contribution in [3.8, 4) is 22.9 Å². The van der Waals surface area contributed by atoms with Crippen molar-refractivity contribution < 1.29 is 32.0 Å². The molecule has 2 aromatic heterocycles. The Morgan fingerprint density at radius 3 is 2.56 bits per heavy atom. The zero-order valence-corrected chi connectivity index (χ0v) is 28.0. The molecule has 0 saturated heterocycles. The van der Waals surface area contributed by atoms with E-state index >= 15 is 13.2 Å². The summed E-state index contributed by atoms with van der Waals surface area (Å²) in [4.78, 5) is 19.2. The molecule has 252 valence electrons.